The molecule has 0 fully saturated rings. The molecule has 1 rings (SSSR count). The minimum absolute atomic E-state index is 0.168. The molecule has 0 saturated heterocycles. The molecule has 0 aliphatic rings. The maximum absolute atomic E-state index is 11.8. The van der Waals surface area contributed by atoms with Crippen LogP contribution in [0.4, 0.5) is 5.69 Å². The fraction of sp³-hybridized carbons (Fsp3) is 0.400. The summed E-state index contributed by atoms with van der Waals surface area (Å²) in [5.74, 6) is -0.254. The number of hydrogen-bond acceptors (Lipinski definition) is 4. The van der Waals surface area contributed by atoms with E-state index in [9.17, 15) is 14.9 Å². The Morgan fingerprint density at radius 3 is 2.75 bits per heavy atom. The van der Waals surface area contributed by atoms with Crippen LogP contribution >= 0.6 is 0 Å². The second kappa shape index (κ2) is 4.69. The van der Waals surface area contributed by atoms with Crippen LogP contribution in [0.2, 0.25) is 0 Å². The minimum atomic E-state index is -0.560. The normalized spacial score (nSPS) is 9.94. The third kappa shape index (κ3) is 2.33. The molecular weight excluding hydrogens is 210 g/mol. The second-order valence-corrected chi connectivity index (χ2v) is 3.40. The average Bonchev–Trinajstić information content (AvgIpc) is 2.27. The van der Waals surface area contributed by atoms with Gasteiger partial charge in [0.05, 0.1) is 16.2 Å². The van der Waals surface area contributed by atoms with Crippen molar-refractivity contribution in [2.75, 3.05) is 13.6 Å². The maximum Gasteiger partial charge on any atom is 0.288 e. The standard InChI is InChI=1S/C10H13N3O3/c1-4-12(3)10(14)9-5-8(13(15)16)6-11-7(9)2/h5-6H,4H2,1-3H3. The second-order valence-electron chi connectivity index (χ2n) is 3.40. The molecule has 0 bridgehead atoms. The first-order valence-corrected chi connectivity index (χ1v) is 4.83. The fourth-order valence-electron chi connectivity index (χ4n) is 1.19. The van der Waals surface area contributed by atoms with Crippen molar-refractivity contribution in [3.63, 3.8) is 0 Å². The summed E-state index contributed by atoms with van der Waals surface area (Å²) >= 11 is 0. The molecule has 0 spiro atoms. The van der Waals surface area contributed by atoms with Gasteiger partial charge in [-0.3, -0.25) is 19.9 Å². The topological polar surface area (TPSA) is 76.3 Å². The predicted octanol–water partition coefficient (Wildman–Crippen LogP) is 1.39. The van der Waals surface area contributed by atoms with Crippen LogP contribution < -0.4 is 0 Å². The Labute approximate surface area is 93.1 Å². The molecule has 0 aromatic carbocycles. The van der Waals surface area contributed by atoms with Crippen molar-refractivity contribution in [1.82, 2.24) is 9.88 Å². The van der Waals surface area contributed by atoms with Gasteiger partial charge in [-0.05, 0) is 13.8 Å². The lowest BCUT2D eigenvalue weighted by Crippen LogP contribution is -2.27. The van der Waals surface area contributed by atoms with Crippen molar-refractivity contribution in [1.29, 1.82) is 0 Å². The zero-order chi connectivity index (χ0) is 12.3. The highest BCUT2D eigenvalue weighted by Crippen LogP contribution is 2.15. The quantitative estimate of drug-likeness (QED) is 0.573. The van der Waals surface area contributed by atoms with Crippen LogP contribution in [0.1, 0.15) is 23.0 Å². The first kappa shape index (κ1) is 12.1. The molecule has 1 heterocycles. The van der Waals surface area contributed by atoms with Crippen molar-refractivity contribution >= 4 is 11.6 Å². The number of nitrogens with zero attached hydrogens (tertiary/aromatic N) is 3. The molecule has 6 nitrogen and oxygen atoms in total. The number of aryl methyl sites for hydroxylation is 1. The van der Waals surface area contributed by atoms with E-state index in [1.54, 1.807) is 14.0 Å². The van der Waals surface area contributed by atoms with Crippen LogP contribution in [0.25, 0.3) is 0 Å². The Kier molecular flexibility index (Phi) is 3.55. The molecule has 1 amide bonds. The number of rotatable bonds is 3. The summed E-state index contributed by atoms with van der Waals surface area (Å²) in [6.07, 6.45) is 1.15. The van der Waals surface area contributed by atoms with Gasteiger partial charge in [0.2, 0.25) is 0 Å². The highest BCUT2D eigenvalue weighted by atomic mass is 16.6. The molecule has 0 aliphatic carbocycles. The Morgan fingerprint density at radius 1 is 1.62 bits per heavy atom. The number of hydrogen-bond donors (Lipinski definition) is 0. The zero-order valence-electron chi connectivity index (χ0n) is 9.43. The van der Waals surface area contributed by atoms with Crippen LogP contribution in [-0.4, -0.2) is 34.3 Å². The molecule has 0 unspecified atom stereocenters. The number of aromatic nitrogens is 1. The van der Waals surface area contributed by atoms with Crippen LogP contribution in [0.3, 0.4) is 0 Å². The molecule has 0 saturated carbocycles. The average molecular weight is 223 g/mol. The molecule has 1 aromatic rings. The van der Waals surface area contributed by atoms with Crippen molar-refractivity contribution in [2.45, 2.75) is 13.8 Å². The van der Waals surface area contributed by atoms with E-state index in [1.807, 2.05) is 6.92 Å². The Morgan fingerprint density at radius 2 is 2.25 bits per heavy atom. The number of carbonyl (C=O) groups is 1. The van der Waals surface area contributed by atoms with Gasteiger partial charge in [0.1, 0.15) is 6.20 Å². The summed E-state index contributed by atoms with van der Waals surface area (Å²) in [4.78, 5) is 27.2. The lowest BCUT2D eigenvalue weighted by molar-refractivity contribution is -0.385. The van der Waals surface area contributed by atoms with Gasteiger partial charge in [-0.25, -0.2) is 0 Å². The maximum atomic E-state index is 11.8. The van der Waals surface area contributed by atoms with Gasteiger partial charge >= 0.3 is 0 Å². The largest absolute Gasteiger partial charge is 0.342 e. The Balaban J connectivity index is 3.17. The lowest BCUT2D eigenvalue weighted by atomic mass is 10.1. The molecule has 16 heavy (non-hydrogen) atoms. The van der Waals surface area contributed by atoms with E-state index in [0.717, 1.165) is 6.20 Å². The van der Waals surface area contributed by atoms with Crippen molar-refractivity contribution in [2.24, 2.45) is 0 Å². The van der Waals surface area contributed by atoms with Crippen LogP contribution in [0.5, 0.6) is 0 Å². The number of carbonyl (C=O) groups excluding carboxylic acids is 1. The third-order valence-corrected chi connectivity index (χ3v) is 2.33. The van der Waals surface area contributed by atoms with E-state index in [2.05, 4.69) is 4.98 Å². The molecule has 86 valence electrons. The lowest BCUT2D eigenvalue weighted by Gasteiger charge is -2.15. The van der Waals surface area contributed by atoms with Crippen molar-refractivity contribution in [3.05, 3.63) is 33.6 Å². The molecule has 0 radical (unpaired) electrons. The van der Waals surface area contributed by atoms with E-state index >= 15 is 0 Å². The molecular formula is C10H13N3O3. The van der Waals surface area contributed by atoms with Gasteiger partial charge in [0.15, 0.2) is 0 Å². The summed E-state index contributed by atoms with van der Waals surface area (Å²) in [6.45, 7) is 4.03. The molecule has 0 N–H and O–H groups in total. The number of pyridine rings is 1. The number of amides is 1. The van der Waals surface area contributed by atoms with Crippen LogP contribution in [0, 0.1) is 17.0 Å². The van der Waals surface area contributed by atoms with Gasteiger partial charge in [0.25, 0.3) is 11.6 Å². The Bertz CT molecular complexity index is 431. The highest BCUT2D eigenvalue weighted by molar-refractivity contribution is 5.95. The first-order valence-electron chi connectivity index (χ1n) is 4.83. The van der Waals surface area contributed by atoms with Gasteiger partial charge in [0, 0.05) is 19.7 Å². The minimum Gasteiger partial charge on any atom is -0.342 e. The molecule has 6 heteroatoms. The number of nitro groups is 1. The van der Waals surface area contributed by atoms with E-state index < -0.39 is 4.92 Å². The van der Waals surface area contributed by atoms with Crippen molar-refractivity contribution < 1.29 is 9.72 Å². The molecule has 0 atom stereocenters. The molecule has 0 aliphatic heterocycles. The monoisotopic (exact) mass is 223 g/mol. The first-order chi connectivity index (χ1) is 7.47. The van der Waals surface area contributed by atoms with E-state index in [0.29, 0.717) is 12.2 Å². The summed E-state index contributed by atoms with van der Waals surface area (Å²) in [5.41, 5.74) is 0.605. The van der Waals surface area contributed by atoms with Gasteiger partial charge < -0.3 is 4.90 Å². The van der Waals surface area contributed by atoms with Gasteiger partial charge in [-0.15, -0.1) is 0 Å². The van der Waals surface area contributed by atoms with Gasteiger partial charge in [-0.2, -0.15) is 0 Å². The van der Waals surface area contributed by atoms with Gasteiger partial charge in [-0.1, -0.05) is 0 Å². The molecule has 1 aromatic heterocycles. The van der Waals surface area contributed by atoms with E-state index in [4.69, 9.17) is 0 Å². The zero-order valence-corrected chi connectivity index (χ0v) is 9.43. The summed E-state index contributed by atoms with van der Waals surface area (Å²) in [5, 5.41) is 10.6. The van der Waals surface area contributed by atoms with Crippen molar-refractivity contribution in [3.8, 4) is 0 Å². The smallest absolute Gasteiger partial charge is 0.288 e. The summed E-state index contributed by atoms with van der Waals surface area (Å²) < 4.78 is 0. The summed E-state index contributed by atoms with van der Waals surface area (Å²) in [6, 6.07) is 1.26. The predicted molar refractivity (Wildman–Crippen MR) is 58.3 cm³/mol. The Hall–Kier alpha value is -1.98. The highest BCUT2D eigenvalue weighted by Gasteiger charge is 2.17. The fourth-order valence-corrected chi connectivity index (χ4v) is 1.19. The van der Waals surface area contributed by atoms with E-state index in [1.165, 1.54) is 11.0 Å². The SMILES string of the molecule is CCN(C)C(=O)c1cc([N+](=O)[O-])cnc1C. The van der Waals surface area contributed by atoms with E-state index in [-0.39, 0.29) is 17.2 Å². The third-order valence-electron chi connectivity index (χ3n) is 2.33. The summed E-state index contributed by atoms with van der Waals surface area (Å²) in [7, 11) is 1.64. The van der Waals surface area contributed by atoms with Crippen LogP contribution in [-0.2, 0) is 0 Å². The van der Waals surface area contributed by atoms with Crippen LogP contribution in [0.15, 0.2) is 12.3 Å².